The van der Waals surface area contributed by atoms with Crippen LogP contribution in [0.1, 0.15) is 19.5 Å². The molecular formula is C8H15N3OS. The van der Waals surface area contributed by atoms with Crippen molar-refractivity contribution in [2.24, 2.45) is 7.05 Å². The molecule has 1 heterocycles. The molecule has 0 aliphatic heterocycles. The molecule has 5 heteroatoms. The average Bonchev–Trinajstić information content (AvgIpc) is 2.18. The fourth-order valence-electron chi connectivity index (χ4n) is 0.696. The van der Waals surface area contributed by atoms with E-state index in [1.165, 1.54) is 4.57 Å². The number of hydrogen-bond donors (Lipinski definition) is 2. The van der Waals surface area contributed by atoms with Crippen LogP contribution in [0.3, 0.4) is 0 Å². The van der Waals surface area contributed by atoms with Gasteiger partial charge in [-0.1, -0.05) is 26.7 Å². The first kappa shape index (κ1) is 12.0. The molecule has 74 valence electrons. The van der Waals surface area contributed by atoms with Crippen molar-refractivity contribution in [3.8, 4) is 0 Å². The molecule has 0 saturated carbocycles. The fraction of sp³-hybridized carbons (Fsp3) is 0.500. The Kier molecular flexibility index (Phi) is 5.22. The molecule has 4 nitrogen and oxygen atoms in total. The van der Waals surface area contributed by atoms with E-state index >= 15 is 0 Å². The number of anilines is 1. The molecule has 0 aliphatic carbocycles. The van der Waals surface area contributed by atoms with Crippen molar-refractivity contribution in [3.63, 3.8) is 0 Å². The highest BCUT2D eigenvalue weighted by Gasteiger charge is 2.01. The predicted octanol–water partition coefficient (Wildman–Crippen LogP) is 1.37. The second-order valence-electron chi connectivity index (χ2n) is 2.22. The Hall–Kier alpha value is -0.970. The van der Waals surface area contributed by atoms with Crippen molar-refractivity contribution in [1.29, 1.82) is 0 Å². The lowest BCUT2D eigenvalue weighted by Crippen LogP contribution is -2.21. The van der Waals surface area contributed by atoms with Gasteiger partial charge in [-0.05, 0) is 6.92 Å². The van der Waals surface area contributed by atoms with Gasteiger partial charge in [0.05, 0.1) is 0 Å². The highest BCUT2D eigenvalue weighted by Crippen LogP contribution is 1.96. The lowest BCUT2D eigenvalue weighted by molar-refractivity contribution is 0.805. The van der Waals surface area contributed by atoms with Crippen molar-refractivity contribution in [1.82, 2.24) is 9.55 Å². The van der Waals surface area contributed by atoms with Crippen molar-refractivity contribution >= 4 is 18.6 Å². The molecule has 0 saturated heterocycles. The zero-order chi connectivity index (χ0) is 10.4. The SMILES string of the molecule is CC.Cc1cnc(NS)c(=O)n1C. The highest BCUT2D eigenvalue weighted by molar-refractivity contribution is 7.81. The van der Waals surface area contributed by atoms with Crippen LogP contribution in [-0.4, -0.2) is 9.55 Å². The lowest BCUT2D eigenvalue weighted by atomic mass is 10.5. The van der Waals surface area contributed by atoms with E-state index in [1.54, 1.807) is 13.2 Å². The van der Waals surface area contributed by atoms with Crippen LogP contribution < -0.4 is 10.3 Å². The van der Waals surface area contributed by atoms with Crippen LogP contribution in [0.5, 0.6) is 0 Å². The van der Waals surface area contributed by atoms with Gasteiger partial charge in [0.1, 0.15) is 0 Å². The first-order valence-electron chi connectivity index (χ1n) is 4.09. The zero-order valence-corrected chi connectivity index (χ0v) is 9.22. The van der Waals surface area contributed by atoms with Gasteiger partial charge in [0.2, 0.25) is 5.82 Å². The van der Waals surface area contributed by atoms with Crippen molar-refractivity contribution in [2.75, 3.05) is 4.72 Å². The Morgan fingerprint density at radius 3 is 2.54 bits per heavy atom. The molecule has 0 amide bonds. The molecule has 0 aliphatic rings. The lowest BCUT2D eigenvalue weighted by Gasteiger charge is -2.03. The second-order valence-corrected chi connectivity index (χ2v) is 2.45. The second kappa shape index (κ2) is 5.64. The summed E-state index contributed by atoms with van der Waals surface area (Å²) in [6.45, 7) is 5.82. The Morgan fingerprint density at radius 2 is 2.08 bits per heavy atom. The number of aryl methyl sites for hydroxylation is 1. The molecule has 13 heavy (non-hydrogen) atoms. The average molecular weight is 201 g/mol. The number of nitrogens with zero attached hydrogens (tertiary/aromatic N) is 2. The first-order valence-corrected chi connectivity index (χ1v) is 4.54. The van der Waals surface area contributed by atoms with Crippen LogP contribution in [0.25, 0.3) is 0 Å². The molecule has 0 atom stereocenters. The molecule has 0 bridgehead atoms. The molecule has 1 N–H and O–H groups in total. The Balaban J connectivity index is 0.000000671. The molecule has 0 unspecified atom stereocenters. The van der Waals surface area contributed by atoms with Gasteiger partial charge in [-0.25, -0.2) is 4.98 Å². The van der Waals surface area contributed by atoms with Gasteiger partial charge < -0.3 is 9.29 Å². The standard InChI is InChI=1S/C6H9N3OS.C2H6/c1-4-3-7-5(8-11)6(10)9(4)2;1-2/h3,11H,1-2H3,(H,7,8);1-2H3. The summed E-state index contributed by atoms with van der Waals surface area (Å²) in [4.78, 5) is 15.0. The van der Waals surface area contributed by atoms with E-state index in [4.69, 9.17) is 0 Å². The van der Waals surface area contributed by atoms with E-state index < -0.39 is 0 Å². The van der Waals surface area contributed by atoms with E-state index in [1.807, 2.05) is 20.8 Å². The van der Waals surface area contributed by atoms with Gasteiger partial charge in [-0.15, -0.1) is 0 Å². The van der Waals surface area contributed by atoms with E-state index in [0.717, 1.165) is 5.69 Å². The zero-order valence-electron chi connectivity index (χ0n) is 8.33. The minimum absolute atomic E-state index is 0.167. The van der Waals surface area contributed by atoms with Crippen LogP contribution in [-0.2, 0) is 7.05 Å². The summed E-state index contributed by atoms with van der Waals surface area (Å²) in [6.07, 6.45) is 1.61. The minimum atomic E-state index is -0.167. The third kappa shape index (κ3) is 2.77. The Labute approximate surface area is 83.5 Å². The van der Waals surface area contributed by atoms with Crippen molar-refractivity contribution in [2.45, 2.75) is 20.8 Å². The van der Waals surface area contributed by atoms with Crippen LogP contribution in [0.2, 0.25) is 0 Å². The molecule has 1 aromatic rings. The summed E-state index contributed by atoms with van der Waals surface area (Å²) in [5.74, 6) is 0.251. The van der Waals surface area contributed by atoms with Crippen molar-refractivity contribution < 1.29 is 0 Å². The molecule has 0 spiro atoms. The maximum atomic E-state index is 11.2. The fourth-order valence-corrected chi connectivity index (χ4v) is 0.849. The van der Waals surface area contributed by atoms with E-state index in [9.17, 15) is 4.79 Å². The summed E-state index contributed by atoms with van der Waals surface area (Å²) < 4.78 is 3.92. The smallest absolute Gasteiger partial charge is 0.294 e. The molecular weight excluding hydrogens is 186 g/mol. The third-order valence-corrected chi connectivity index (χ3v) is 1.73. The number of aromatic nitrogens is 2. The summed E-state index contributed by atoms with van der Waals surface area (Å²) in [6, 6.07) is 0. The maximum absolute atomic E-state index is 11.2. The Morgan fingerprint density at radius 1 is 1.54 bits per heavy atom. The monoisotopic (exact) mass is 201 g/mol. The number of rotatable bonds is 1. The van der Waals surface area contributed by atoms with E-state index in [0.29, 0.717) is 0 Å². The minimum Gasteiger partial charge on any atom is -0.312 e. The summed E-state index contributed by atoms with van der Waals surface area (Å²) in [5.41, 5.74) is 0.655. The molecule has 1 rings (SSSR count). The van der Waals surface area contributed by atoms with Crippen molar-refractivity contribution in [3.05, 3.63) is 22.2 Å². The van der Waals surface area contributed by atoms with Gasteiger partial charge in [-0.3, -0.25) is 4.79 Å². The van der Waals surface area contributed by atoms with E-state index in [-0.39, 0.29) is 11.4 Å². The van der Waals surface area contributed by atoms with Gasteiger partial charge in [0.25, 0.3) is 5.56 Å². The molecule has 0 fully saturated rings. The predicted molar refractivity (Wildman–Crippen MR) is 58.2 cm³/mol. The van der Waals surface area contributed by atoms with E-state index in [2.05, 4.69) is 22.5 Å². The first-order chi connectivity index (χ1) is 6.16. The molecule has 1 aromatic heterocycles. The highest BCUT2D eigenvalue weighted by atomic mass is 32.1. The number of thiol groups is 1. The molecule has 0 radical (unpaired) electrons. The van der Waals surface area contributed by atoms with Crippen LogP contribution in [0, 0.1) is 6.92 Å². The topological polar surface area (TPSA) is 46.9 Å². The van der Waals surface area contributed by atoms with Gasteiger partial charge in [0, 0.05) is 18.9 Å². The van der Waals surface area contributed by atoms with Gasteiger partial charge in [0.15, 0.2) is 0 Å². The largest absolute Gasteiger partial charge is 0.312 e. The normalized spacial score (nSPS) is 8.69. The number of hydrogen-bond acceptors (Lipinski definition) is 4. The van der Waals surface area contributed by atoms with Gasteiger partial charge in [-0.2, -0.15) is 0 Å². The van der Waals surface area contributed by atoms with Crippen LogP contribution in [0.15, 0.2) is 11.0 Å². The Bertz CT molecular complexity index is 322. The van der Waals surface area contributed by atoms with Crippen LogP contribution in [0.4, 0.5) is 5.82 Å². The maximum Gasteiger partial charge on any atom is 0.294 e. The number of nitrogens with one attached hydrogen (secondary N) is 1. The summed E-state index contributed by atoms with van der Waals surface area (Å²) in [5, 5.41) is 0. The van der Waals surface area contributed by atoms with Crippen LogP contribution >= 0.6 is 12.8 Å². The quantitative estimate of drug-likeness (QED) is 0.675. The summed E-state index contributed by atoms with van der Waals surface area (Å²) >= 11 is 3.74. The summed E-state index contributed by atoms with van der Waals surface area (Å²) in [7, 11) is 1.69. The third-order valence-electron chi connectivity index (χ3n) is 1.52. The molecule has 0 aromatic carbocycles. The van der Waals surface area contributed by atoms with Gasteiger partial charge >= 0.3 is 0 Å².